The number of rotatable bonds is 6. The van der Waals surface area contributed by atoms with Gasteiger partial charge in [0.05, 0.1) is 26.3 Å². The van der Waals surface area contributed by atoms with Gasteiger partial charge in [0.1, 0.15) is 11.0 Å². The highest BCUT2D eigenvalue weighted by molar-refractivity contribution is 7.13. The summed E-state index contributed by atoms with van der Waals surface area (Å²) >= 11 is 1.46. The Morgan fingerprint density at radius 2 is 2.08 bits per heavy atom. The van der Waals surface area contributed by atoms with Crippen molar-refractivity contribution in [1.29, 1.82) is 0 Å². The van der Waals surface area contributed by atoms with E-state index in [4.69, 9.17) is 15.2 Å². The van der Waals surface area contributed by atoms with E-state index in [-0.39, 0.29) is 12.3 Å². The number of thiazole rings is 1. The predicted octanol–water partition coefficient (Wildman–Crippen LogP) is 1.85. The average Bonchev–Trinajstić information content (AvgIpc) is 3.30. The van der Waals surface area contributed by atoms with Gasteiger partial charge in [-0.25, -0.2) is 4.98 Å². The highest BCUT2D eigenvalue weighted by Gasteiger charge is 2.32. The molecule has 0 unspecified atom stereocenters. The van der Waals surface area contributed by atoms with E-state index >= 15 is 0 Å². The van der Waals surface area contributed by atoms with Crippen LogP contribution < -0.4 is 15.2 Å². The summed E-state index contributed by atoms with van der Waals surface area (Å²) in [5.74, 6) is 0.713. The summed E-state index contributed by atoms with van der Waals surface area (Å²) in [6.45, 7) is 0.569. The number of nitrogens with zero attached hydrogens (tertiary/aromatic N) is 2. The van der Waals surface area contributed by atoms with Gasteiger partial charge < -0.3 is 20.1 Å². The number of methoxy groups -OCH3 is 2. The molecule has 1 saturated heterocycles. The van der Waals surface area contributed by atoms with E-state index < -0.39 is 11.9 Å². The minimum Gasteiger partial charge on any atom is -0.493 e. The van der Waals surface area contributed by atoms with E-state index in [1.165, 1.54) is 11.3 Å². The fourth-order valence-electron chi connectivity index (χ4n) is 3.11. The molecule has 1 aromatic heterocycles. The van der Waals surface area contributed by atoms with Crippen molar-refractivity contribution in [2.24, 2.45) is 5.73 Å². The number of ether oxygens (including phenoxy) is 2. The maximum absolute atomic E-state index is 12.5. The second-order valence-electron chi connectivity index (χ2n) is 6.04. The lowest BCUT2D eigenvalue weighted by Gasteiger charge is -2.21. The molecule has 0 spiro atoms. The molecule has 2 amide bonds. The van der Waals surface area contributed by atoms with Crippen LogP contribution in [-0.2, 0) is 16.0 Å². The number of carbonyl (C=O) groups excluding carboxylic acids is 2. The van der Waals surface area contributed by atoms with Crippen LogP contribution in [0.4, 0.5) is 0 Å². The lowest BCUT2D eigenvalue weighted by atomic mass is 10.2. The number of likely N-dealkylation sites (tertiary alicyclic amines) is 1. The van der Waals surface area contributed by atoms with E-state index in [0.717, 1.165) is 17.0 Å². The van der Waals surface area contributed by atoms with Gasteiger partial charge in [-0.3, -0.25) is 9.59 Å². The van der Waals surface area contributed by atoms with Crippen LogP contribution in [0.1, 0.15) is 18.5 Å². The molecule has 1 fully saturated rings. The fourth-order valence-corrected chi connectivity index (χ4v) is 3.92. The number of amides is 2. The van der Waals surface area contributed by atoms with Crippen molar-refractivity contribution < 1.29 is 19.1 Å². The van der Waals surface area contributed by atoms with Crippen LogP contribution in [0.15, 0.2) is 23.6 Å². The van der Waals surface area contributed by atoms with Crippen molar-refractivity contribution in [3.63, 3.8) is 0 Å². The first-order valence-electron chi connectivity index (χ1n) is 8.29. The number of carbonyl (C=O) groups is 2. The summed E-state index contributed by atoms with van der Waals surface area (Å²) in [5, 5.41) is 2.65. The Kier molecular flexibility index (Phi) is 5.41. The summed E-state index contributed by atoms with van der Waals surface area (Å²) < 4.78 is 10.6. The van der Waals surface area contributed by atoms with Crippen molar-refractivity contribution in [3.05, 3.63) is 29.3 Å². The van der Waals surface area contributed by atoms with Gasteiger partial charge in [-0.15, -0.1) is 11.3 Å². The summed E-state index contributed by atoms with van der Waals surface area (Å²) in [4.78, 5) is 30.1. The minimum atomic E-state index is -0.494. The monoisotopic (exact) mass is 375 g/mol. The maximum atomic E-state index is 12.5. The van der Waals surface area contributed by atoms with Crippen LogP contribution in [0.3, 0.4) is 0 Å². The van der Waals surface area contributed by atoms with E-state index in [0.29, 0.717) is 30.2 Å². The van der Waals surface area contributed by atoms with Crippen LogP contribution in [0, 0.1) is 0 Å². The van der Waals surface area contributed by atoms with Crippen molar-refractivity contribution in [2.45, 2.75) is 25.3 Å². The summed E-state index contributed by atoms with van der Waals surface area (Å²) in [6, 6.07) is 5.08. The molecule has 0 bridgehead atoms. The molecule has 138 valence electrons. The Balaban J connectivity index is 1.74. The molecule has 0 saturated carbocycles. The molecule has 0 radical (unpaired) electrons. The van der Waals surface area contributed by atoms with Gasteiger partial charge in [0.15, 0.2) is 11.5 Å². The lowest BCUT2D eigenvalue weighted by Crippen LogP contribution is -2.44. The third-order valence-corrected chi connectivity index (χ3v) is 5.36. The second-order valence-corrected chi connectivity index (χ2v) is 6.90. The van der Waals surface area contributed by atoms with Gasteiger partial charge in [-0.1, -0.05) is 0 Å². The molecule has 3 rings (SSSR count). The van der Waals surface area contributed by atoms with E-state index in [1.807, 2.05) is 23.6 Å². The van der Waals surface area contributed by atoms with Crippen molar-refractivity contribution >= 4 is 23.2 Å². The Morgan fingerprint density at radius 3 is 2.77 bits per heavy atom. The largest absolute Gasteiger partial charge is 0.493 e. The number of nitrogens with two attached hydrogens (primary N) is 1. The number of primary amides is 1. The zero-order valence-corrected chi connectivity index (χ0v) is 15.5. The molecule has 2 N–H and O–H groups in total. The molecule has 1 atom stereocenters. The number of aromatic nitrogens is 1. The molecule has 2 heterocycles. The van der Waals surface area contributed by atoms with Crippen molar-refractivity contribution in [1.82, 2.24) is 9.88 Å². The van der Waals surface area contributed by atoms with E-state index in [9.17, 15) is 9.59 Å². The van der Waals surface area contributed by atoms with Crippen molar-refractivity contribution in [3.8, 4) is 22.1 Å². The molecular formula is C18H21N3O4S. The van der Waals surface area contributed by atoms with Gasteiger partial charge in [-0.2, -0.15) is 0 Å². The molecule has 2 aromatic rings. The molecule has 0 aliphatic carbocycles. The average molecular weight is 375 g/mol. The molecule has 1 aliphatic heterocycles. The highest BCUT2D eigenvalue weighted by atomic mass is 32.1. The smallest absolute Gasteiger partial charge is 0.240 e. The van der Waals surface area contributed by atoms with Crippen LogP contribution >= 0.6 is 11.3 Å². The van der Waals surface area contributed by atoms with Gasteiger partial charge in [0.25, 0.3) is 0 Å². The van der Waals surface area contributed by atoms with E-state index in [2.05, 4.69) is 4.98 Å². The van der Waals surface area contributed by atoms with Gasteiger partial charge in [0.2, 0.25) is 11.8 Å². The Bertz CT molecular complexity index is 821. The first-order valence-corrected chi connectivity index (χ1v) is 9.17. The zero-order valence-electron chi connectivity index (χ0n) is 14.7. The Hall–Kier alpha value is -2.61. The maximum Gasteiger partial charge on any atom is 0.240 e. The quantitative estimate of drug-likeness (QED) is 0.831. The normalized spacial score (nSPS) is 16.5. The highest BCUT2D eigenvalue weighted by Crippen LogP contribution is 2.33. The van der Waals surface area contributed by atoms with Crippen molar-refractivity contribution in [2.75, 3.05) is 20.8 Å². The first kappa shape index (κ1) is 18.2. The minimum absolute atomic E-state index is 0.115. The number of hydrogen-bond donors (Lipinski definition) is 1. The second kappa shape index (κ2) is 7.74. The van der Waals surface area contributed by atoms with Crippen LogP contribution in [0.25, 0.3) is 10.6 Å². The standard InChI is InChI=1S/C18H21N3O4S/c1-24-14-6-5-11(8-15(14)25-2)18-20-12(10-26-18)9-16(22)21-7-3-4-13(21)17(19)23/h5-6,8,10,13H,3-4,7,9H2,1-2H3,(H2,19,23)/t13-/m0/s1. The SMILES string of the molecule is COc1ccc(-c2nc(CC(=O)N3CCC[C@H]3C(N)=O)cs2)cc1OC. The Labute approximate surface area is 155 Å². The zero-order chi connectivity index (χ0) is 18.7. The number of benzene rings is 1. The topological polar surface area (TPSA) is 94.8 Å². The third-order valence-electron chi connectivity index (χ3n) is 4.42. The van der Waals surface area contributed by atoms with Gasteiger partial charge >= 0.3 is 0 Å². The van der Waals surface area contributed by atoms with Crippen LogP contribution in [-0.4, -0.2) is 48.5 Å². The molecule has 1 aromatic carbocycles. The molecule has 26 heavy (non-hydrogen) atoms. The molecule has 8 heteroatoms. The molecule has 1 aliphatic rings. The molecular weight excluding hydrogens is 354 g/mol. The van der Waals surface area contributed by atoms with Crippen LogP contribution in [0.2, 0.25) is 0 Å². The van der Waals surface area contributed by atoms with Gasteiger partial charge in [-0.05, 0) is 31.0 Å². The lowest BCUT2D eigenvalue weighted by molar-refractivity contribution is -0.136. The summed E-state index contributed by atoms with van der Waals surface area (Å²) in [6.07, 6.45) is 1.59. The van der Waals surface area contributed by atoms with Crippen LogP contribution in [0.5, 0.6) is 11.5 Å². The molecule has 7 nitrogen and oxygen atoms in total. The summed E-state index contributed by atoms with van der Waals surface area (Å²) in [7, 11) is 3.17. The first-order chi connectivity index (χ1) is 12.5. The Morgan fingerprint density at radius 1 is 1.31 bits per heavy atom. The number of hydrogen-bond acceptors (Lipinski definition) is 6. The fraction of sp³-hybridized carbons (Fsp3) is 0.389. The van der Waals surface area contributed by atoms with Gasteiger partial charge in [0, 0.05) is 17.5 Å². The van der Waals surface area contributed by atoms with E-state index in [1.54, 1.807) is 19.1 Å². The third kappa shape index (κ3) is 3.65. The predicted molar refractivity (Wildman–Crippen MR) is 98.3 cm³/mol. The summed E-state index contributed by atoms with van der Waals surface area (Å²) in [5.41, 5.74) is 6.95.